The van der Waals surface area contributed by atoms with Crippen LogP contribution in [0.5, 0.6) is 0 Å². The summed E-state index contributed by atoms with van der Waals surface area (Å²) in [5, 5.41) is 0. The van der Waals surface area contributed by atoms with Gasteiger partial charge < -0.3 is 18.9 Å². The molecule has 2 rings (SSSR count). The third-order valence-corrected chi connectivity index (χ3v) is 4.97. The average molecular weight is 328 g/mol. The molecule has 2 fully saturated rings. The number of esters is 1. The van der Waals surface area contributed by atoms with Crippen LogP contribution >= 0.6 is 0 Å². The van der Waals surface area contributed by atoms with Crippen LogP contribution in [0.15, 0.2) is 0 Å². The van der Waals surface area contributed by atoms with E-state index in [0.717, 1.165) is 19.3 Å². The molecule has 0 aromatic heterocycles. The first-order valence-electron chi connectivity index (χ1n) is 8.82. The second-order valence-corrected chi connectivity index (χ2v) is 7.94. The summed E-state index contributed by atoms with van der Waals surface area (Å²) in [5.74, 6) is -0.171. The minimum Gasteiger partial charge on any atom is -0.457 e. The molecule has 0 bridgehead atoms. The molecule has 5 nitrogen and oxygen atoms in total. The number of hydrogen-bond donors (Lipinski definition) is 0. The zero-order valence-corrected chi connectivity index (χ0v) is 15.4. The van der Waals surface area contributed by atoms with Crippen molar-refractivity contribution in [1.82, 2.24) is 0 Å². The van der Waals surface area contributed by atoms with E-state index in [1.807, 2.05) is 13.8 Å². The topological polar surface area (TPSA) is 54.0 Å². The number of carbonyl (C=O) groups is 1. The normalized spacial score (nSPS) is 31.2. The lowest BCUT2D eigenvalue weighted by molar-refractivity contribution is -0.165. The fraction of sp³-hybridized carbons (Fsp3) is 0.944. The van der Waals surface area contributed by atoms with Gasteiger partial charge in [-0.05, 0) is 40.5 Å². The van der Waals surface area contributed by atoms with Crippen molar-refractivity contribution in [1.29, 1.82) is 0 Å². The Morgan fingerprint density at radius 3 is 2.17 bits per heavy atom. The Morgan fingerprint density at radius 2 is 1.61 bits per heavy atom. The molecule has 0 aliphatic carbocycles. The van der Waals surface area contributed by atoms with E-state index in [-0.39, 0.29) is 36.0 Å². The number of rotatable bonds is 7. The molecular weight excluding hydrogens is 296 g/mol. The van der Waals surface area contributed by atoms with E-state index < -0.39 is 5.41 Å². The smallest absolute Gasteiger partial charge is 0.311 e. The number of fused-ring (bicyclic) bond motifs is 1. The molecule has 0 saturated carbocycles. The lowest BCUT2D eigenvalue weighted by Gasteiger charge is -2.29. The van der Waals surface area contributed by atoms with Gasteiger partial charge in [-0.2, -0.15) is 0 Å². The Hall–Kier alpha value is -0.650. The third-order valence-electron chi connectivity index (χ3n) is 4.97. The van der Waals surface area contributed by atoms with Crippen molar-refractivity contribution < 1.29 is 23.7 Å². The van der Waals surface area contributed by atoms with Crippen molar-refractivity contribution in [3.05, 3.63) is 0 Å². The SMILES string of the molecule is CCCC(C)(C)C(=O)O[C@@H]1CO[C@H]2[C@@H]1OC[C@H]2OC(C)(C)CC. The van der Waals surface area contributed by atoms with Gasteiger partial charge in [0, 0.05) is 0 Å². The van der Waals surface area contributed by atoms with Gasteiger partial charge in [-0.3, -0.25) is 4.79 Å². The summed E-state index contributed by atoms with van der Waals surface area (Å²) in [6.07, 6.45) is 1.90. The fourth-order valence-electron chi connectivity index (χ4n) is 3.15. The van der Waals surface area contributed by atoms with Gasteiger partial charge in [0.05, 0.1) is 24.2 Å². The van der Waals surface area contributed by atoms with E-state index in [1.54, 1.807) is 0 Å². The molecule has 2 heterocycles. The van der Waals surface area contributed by atoms with Crippen LogP contribution in [0.25, 0.3) is 0 Å². The largest absolute Gasteiger partial charge is 0.457 e. The summed E-state index contributed by atoms with van der Waals surface area (Å²) < 4.78 is 23.5. The van der Waals surface area contributed by atoms with E-state index in [1.165, 1.54) is 0 Å². The van der Waals surface area contributed by atoms with Crippen LogP contribution in [0.2, 0.25) is 0 Å². The van der Waals surface area contributed by atoms with Gasteiger partial charge in [0.2, 0.25) is 0 Å². The second kappa shape index (κ2) is 7.08. The molecule has 2 aliphatic heterocycles. The molecule has 0 unspecified atom stereocenters. The van der Waals surface area contributed by atoms with Crippen molar-refractivity contribution >= 4 is 5.97 Å². The maximum absolute atomic E-state index is 12.4. The highest BCUT2D eigenvalue weighted by Crippen LogP contribution is 2.34. The number of hydrogen-bond acceptors (Lipinski definition) is 5. The molecule has 5 heteroatoms. The summed E-state index contributed by atoms with van der Waals surface area (Å²) in [7, 11) is 0. The predicted octanol–water partition coefficient (Wildman–Crippen LogP) is 3.10. The van der Waals surface area contributed by atoms with E-state index in [0.29, 0.717) is 13.2 Å². The molecule has 0 amide bonds. The van der Waals surface area contributed by atoms with E-state index in [9.17, 15) is 4.79 Å². The lowest BCUT2D eigenvalue weighted by Crippen LogP contribution is -2.40. The highest BCUT2D eigenvalue weighted by Gasteiger charge is 2.51. The van der Waals surface area contributed by atoms with Crippen LogP contribution in [0, 0.1) is 5.41 Å². The van der Waals surface area contributed by atoms with Crippen molar-refractivity contribution in [3.63, 3.8) is 0 Å². The van der Waals surface area contributed by atoms with Crippen molar-refractivity contribution in [3.8, 4) is 0 Å². The van der Waals surface area contributed by atoms with Crippen LogP contribution in [0.1, 0.15) is 60.8 Å². The van der Waals surface area contributed by atoms with E-state index in [2.05, 4.69) is 27.7 Å². The van der Waals surface area contributed by atoms with Crippen LogP contribution in [-0.4, -0.2) is 49.2 Å². The molecular formula is C18H32O5. The minimum atomic E-state index is -0.467. The quantitative estimate of drug-likeness (QED) is 0.672. The van der Waals surface area contributed by atoms with Crippen LogP contribution in [-0.2, 0) is 23.7 Å². The summed E-state index contributed by atoms with van der Waals surface area (Å²) in [6, 6.07) is 0. The monoisotopic (exact) mass is 328 g/mol. The van der Waals surface area contributed by atoms with Crippen molar-refractivity contribution in [2.24, 2.45) is 5.41 Å². The van der Waals surface area contributed by atoms with Crippen LogP contribution in [0.4, 0.5) is 0 Å². The molecule has 134 valence electrons. The van der Waals surface area contributed by atoms with E-state index >= 15 is 0 Å². The summed E-state index contributed by atoms with van der Waals surface area (Å²) in [4.78, 5) is 12.4. The summed E-state index contributed by atoms with van der Waals surface area (Å²) in [6.45, 7) is 13.0. The highest BCUT2D eigenvalue weighted by atomic mass is 16.7. The first-order chi connectivity index (χ1) is 10.7. The van der Waals surface area contributed by atoms with Gasteiger partial charge in [-0.15, -0.1) is 0 Å². The van der Waals surface area contributed by atoms with Gasteiger partial charge in [-0.1, -0.05) is 20.3 Å². The molecule has 2 saturated heterocycles. The lowest BCUT2D eigenvalue weighted by atomic mass is 9.88. The minimum absolute atomic E-state index is 0.0951. The summed E-state index contributed by atoms with van der Waals surface area (Å²) in [5.41, 5.74) is -0.671. The summed E-state index contributed by atoms with van der Waals surface area (Å²) >= 11 is 0. The third kappa shape index (κ3) is 4.25. The van der Waals surface area contributed by atoms with Gasteiger partial charge in [-0.25, -0.2) is 0 Å². The standard InChI is InChI=1S/C18H32O5/c1-7-9-17(3,4)16(19)22-12-10-20-15-13(11-21-14(12)15)23-18(5,6)8-2/h12-15H,7-11H2,1-6H3/t12-,13-,14-,15-/m1/s1. The van der Waals surface area contributed by atoms with Crippen molar-refractivity contribution in [2.45, 2.75) is 90.8 Å². The first-order valence-corrected chi connectivity index (χ1v) is 8.82. The molecule has 23 heavy (non-hydrogen) atoms. The maximum atomic E-state index is 12.4. The Morgan fingerprint density at radius 1 is 1.04 bits per heavy atom. The van der Waals surface area contributed by atoms with Gasteiger partial charge >= 0.3 is 5.97 Å². The molecule has 0 aromatic carbocycles. The van der Waals surface area contributed by atoms with Gasteiger partial charge in [0.25, 0.3) is 0 Å². The molecule has 2 aliphatic rings. The zero-order valence-electron chi connectivity index (χ0n) is 15.4. The second-order valence-electron chi connectivity index (χ2n) is 7.94. The highest BCUT2D eigenvalue weighted by molar-refractivity contribution is 5.76. The molecule has 0 aromatic rings. The van der Waals surface area contributed by atoms with E-state index in [4.69, 9.17) is 18.9 Å². The molecule has 0 N–H and O–H groups in total. The Kier molecular flexibility index (Phi) is 5.75. The zero-order chi connectivity index (χ0) is 17.3. The van der Waals surface area contributed by atoms with Gasteiger partial charge in [0.15, 0.2) is 6.10 Å². The average Bonchev–Trinajstić information content (AvgIpc) is 3.03. The Labute approximate surface area is 140 Å². The Balaban J connectivity index is 1.93. The predicted molar refractivity (Wildman–Crippen MR) is 87.3 cm³/mol. The fourth-order valence-corrected chi connectivity index (χ4v) is 3.15. The van der Waals surface area contributed by atoms with Crippen LogP contribution < -0.4 is 0 Å². The number of carbonyl (C=O) groups excluding carboxylic acids is 1. The maximum Gasteiger partial charge on any atom is 0.311 e. The van der Waals surface area contributed by atoms with Crippen molar-refractivity contribution in [2.75, 3.05) is 13.2 Å². The molecule has 0 spiro atoms. The first kappa shape index (κ1) is 18.7. The van der Waals surface area contributed by atoms with Crippen LogP contribution in [0.3, 0.4) is 0 Å². The Bertz CT molecular complexity index is 418. The van der Waals surface area contributed by atoms with Gasteiger partial charge in [0.1, 0.15) is 18.3 Å². The molecule has 0 radical (unpaired) electrons. The number of ether oxygens (including phenoxy) is 4. The molecule has 4 atom stereocenters.